The predicted octanol–water partition coefficient (Wildman–Crippen LogP) is 0.564. The summed E-state index contributed by atoms with van der Waals surface area (Å²) in [5, 5.41) is 2.68. The van der Waals surface area contributed by atoms with E-state index >= 15 is 0 Å². The van der Waals surface area contributed by atoms with Crippen LogP contribution in [0.2, 0.25) is 0 Å². The van der Waals surface area contributed by atoms with E-state index in [1.54, 1.807) is 0 Å². The molecular weight excluding hydrogens is 190 g/mol. The number of aromatic nitrogens is 2. The van der Waals surface area contributed by atoms with Crippen molar-refractivity contribution in [3.8, 4) is 0 Å². The Kier molecular flexibility index (Phi) is 2.72. The highest BCUT2D eigenvalue weighted by molar-refractivity contribution is 7.71. The van der Waals surface area contributed by atoms with E-state index in [1.165, 1.54) is 0 Å². The first-order valence-corrected chi connectivity index (χ1v) is 4.60. The molecule has 1 aliphatic heterocycles. The van der Waals surface area contributed by atoms with Crippen LogP contribution in [0, 0.1) is 4.84 Å². The predicted molar refractivity (Wildman–Crippen MR) is 47.8 cm³/mol. The van der Waals surface area contributed by atoms with Gasteiger partial charge in [-0.2, -0.15) is 4.98 Å². The number of H-pyrrole nitrogens is 1. The third-order valence-corrected chi connectivity index (χ3v) is 2.13. The van der Waals surface area contributed by atoms with Gasteiger partial charge in [-0.15, -0.1) is 0 Å². The fourth-order valence-corrected chi connectivity index (χ4v) is 1.45. The standard InChI is InChI=1S/C7H11N3O2S/c13-7-8-6(9-12-7)5-10-1-3-11-4-2-10/h1-5H2,(H,8,9,13). The molecule has 0 bridgehead atoms. The maximum Gasteiger partial charge on any atom is 0.314 e. The van der Waals surface area contributed by atoms with Crippen LogP contribution < -0.4 is 0 Å². The highest BCUT2D eigenvalue weighted by Gasteiger charge is 2.12. The van der Waals surface area contributed by atoms with Gasteiger partial charge in [-0.3, -0.25) is 4.90 Å². The number of aromatic amines is 1. The molecule has 0 aromatic carbocycles. The maximum absolute atomic E-state index is 5.23. The van der Waals surface area contributed by atoms with Crippen molar-refractivity contribution in [2.75, 3.05) is 26.3 Å². The average molecular weight is 201 g/mol. The molecule has 0 amide bonds. The summed E-state index contributed by atoms with van der Waals surface area (Å²) < 4.78 is 10.1. The van der Waals surface area contributed by atoms with E-state index < -0.39 is 0 Å². The highest BCUT2D eigenvalue weighted by Crippen LogP contribution is 2.02. The number of hydrogen-bond donors (Lipinski definition) is 1. The summed E-state index contributed by atoms with van der Waals surface area (Å²) in [6, 6.07) is 0. The summed E-state index contributed by atoms with van der Waals surface area (Å²) in [7, 11) is 0. The van der Waals surface area contributed by atoms with Gasteiger partial charge in [0.05, 0.1) is 19.8 Å². The van der Waals surface area contributed by atoms with Crippen LogP contribution in [0.3, 0.4) is 0 Å². The molecule has 1 N–H and O–H groups in total. The number of nitrogens with zero attached hydrogens (tertiary/aromatic N) is 2. The third kappa shape index (κ3) is 2.36. The van der Waals surface area contributed by atoms with E-state index in [-0.39, 0.29) is 4.84 Å². The third-order valence-electron chi connectivity index (χ3n) is 1.96. The van der Waals surface area contributed by atoms with Crippen LogP contribution in [0.1, 0.15) is 5.82 Å². The van der Waals surface area contributed by atoms with Crippen molar-refractivity contribution in [1.29, 1.82) is 0 Å². The molecule has 0 unspecified atom stereocenters. The monoisotopic (exact) mass is 201 g/mol. The number of rotatable bonds is 2. The quantitative estimate of drug-likeness (QED) is 0.709. The summed E-state index contributed by atoms with van der Waals surface area (Å²) in [5.74, 6) is 0.784. The van der Waals surface area contributed by atoms with Crippen LogP contribution >= 0.6 is 12.2 Å². The molecule has 1 saturated heterocycles. The lowest BCUT2D eigenvalue weighted by Crippen LogP contribution is -2.35. The highest BCUT2D eigenvalue weighted by atomic mass is 32.1. The van der Waals surface area contributed by atoms with Crippen molar-refractivity contribution >= 4 is 12.2 Å². The molecule has 1 aromatic rings. The number of morpholine rings is 1. The molecule has 0 spiro atoms. The van der Waals surface area contributed by atoms with Crippen LogP contribution in [-0.2, 0) is 11.3 Å². The Morgan fingerprint density at radius 3 is 2.85 bits per heavy atom. The Hall–Kier alpha value is -0.720. The van der Waals surface area contributed by atoms with E-state index in [0.717, 1.165) is 38.7 Å². The first kappa shape index (κ1) is 8.86. The van der Waals surface area contributed by atoms with E-state index in [2.05, 4.69) is 15.0 Å². The number of hydrogen-bond acceptors (Lipinski definition) is 5. The van der Waals surface area contributed by atoms with E-state index in [4.69, 9.17) is 21.5 Å². The normalized spacial score (nSPS) is 19.1. The van der Waals surface area contributed by atoms with Crippen LogP contribution in [0.25, 0.3) is 0 Å². The summed E-state index contributed by atoms with van der Waals surface area (Å²) in [6.45, 7) is 4.21. The van der Waals surface area contributed by atoms with E-state index in [0.29, 0.717) is 0 Å². The van der Waals surface area contributed by atoms with Gasteiger partial charge in [0, 0.05) is 13.1 Å². The summed E-state index contributed by atoms with van der Waals surface area (Å²) in [4.78, 5) is 6.52. The first-order chi connectivity index (χ1) is 6.34. The minimum atomic E-state index is 0.267. The Balaban J connectivity index is 1.93. The van der Waals surface area contributed by atoms with Gasteiger partial charge in [-0.1, -0.05) is 0 Å². The molecular formula is C7H11N3O2S. The van der Waals surface area contributed by atoms with Gasteiger partial charge in [0.2, 0.25) is 0 Å². The van der Waals surface area contributed by atoms with Crippen molar-refractivity contribution in [3.05, 3.63) is 10.7 Å². The van der Waals surface area contributed by atoms with Crippen LogP contribution in [0.4, 0.5) is 0 Å². The topological polar surface area (TPSA) is 54.3 Å². The van der Waals surface area contributed by atoms with Crippen LogP contribution in [0.15, 0.2) is 4.52 Å². The molecule has 1 aliphatic rings. The molecule has 0 saturated carbocycles. The molecule has 72 valence electrons. The summed E-state index contributed by atoms with van der Waals surface area (Å²) in [6.07, 6.45) is 0. The van der Waals surface area contributed by atoms with Gasteiger partial charge in [-0.25, -0.2) is 5.16 Å². The van der Waals surface area contributed by atoms with Crippen molar-refractivity contribution in [1.82, 2.24) is 15.0 Å². The van der Waals surface area contributed by atoms with Gasteiger partial charge >= 0.3 is 4.84 Å². The minimum absolute atomic E-state index is 0.267. The van der Waals surface area contributed by atoms with Gasteiger partial charge in [0.15, 0.2) is 5.82 Å². The van der Waals surface area contributed by atoms with E-state index in [9.17, 15) is 0 Å². The second-order valence-corrected chi connectivity index (χ2v) is 3.27. The fourth-order valence-electron chi connectivity index (χ4n) is 1.30. The molecule has 13 heavy (non-hydrogen) atoms. The van der Waals surface area contributed by atoms with Crippen molar-refractivity contribution in [2.45, 2.75) is 6.54 Å². The Morgan fingerprint density at radius 1 is 1.46 bits per heavy atom. The molecule has 2 heterocycles. The number of nitrogens with one attached hydrogen (secondary N) is 1. The molecule has 0 atom stereocenters. The largest absolute Gasteiger partial charge is 0.379 e. The lowest BCUT2D eigenvalue weighted by atomic mass is 10.4. The molecule has 1 aromatic heterocycles. The molecule has 0 aliphatic carbocycles. The van der Waals surface area contributed by atoms with Crippen molar-refractivity contribution in [2.24, 2.45) is 0 Å². The molecule has 6 heteroatoms. The van der Waals surface area contributed by atoms with Crippen LogP contribution in [0.5, 0.6) is 0 Å². The van der Waals surface area contributed by atoms with Crippen LogP contribution in [-0.4, -0.2) is 41.3 Å². The molecule has 2 rings (SSSR count). The fraction of sp³-hybridized carbons (Fsp3) is 0.714. The first-order valence-electron chi connectivity index (χ1n) is 4.19. The molecule has 5 nitrogen and oxygen atoms in total. The second kappa shape index (κ2) is 3.99. The maximum atomic E-state index is 5.23. The lowest BCUT2D eigenvalue weighted by Gasteiger charge is -2.25. The van der Waals surface area contributed by atoms with E-state index in [1.807, 2.05) is 0 Å². The Labute approximate surface area is 80.7 Å². The van der Waals surface area contributed by atoms with Gasteiger partial charge in [0.1, 0.15) is 0 Å². The van der Waals surface area contributed by atoms with Gasteiger partial charge < -0.3 is 9.26 Å². The Bertz CT molecular complexity index is 316. The van der Waals surface area contributed by atoms with Crippen molar-refractivity contribution < 1.29 is 9.26 Å². The Morgan fingerprint density at radius 2 is 2.23 bits per heavy atom. The summed E-state index contributed by atoms with van der Waals surface area (Å²) >= 11 is 4.75. The zero-order chi connectivity index (χ0) is 9.10. The average Bonchev–Trinajstić information content (AvgIpc) is 2.53. The zero-order valence-corrected chi connectivity index (χ0v) is 7.97. The SMILES string of the molecule is S=c1nc(CN2CCOCC2)[nH]o1. The molecule has 0 radical (unpaired) electrons. The smallest absolute Gasteiger partial charge is 0.314 e. The van der Waals surface area contributed by atoms with Gasteiger partial charge in [-0.05, 0) is 12.2 Å². The summed E-state index contributed by atoms with van der Waals surface area (Å²) in [5.41, 5.74) is 0. The second-order valence-electron chi connectivity index (χ2n) is 2.92. The molecule has 1 fully saturated rings. The van der Waals surface area contributed by atoms with Gasteiger partial charge in [0.25, 0.3) is 0 Å². The lowest BCUT2D eigenvalue weighted by molar-refractivity contribution is 0.0327. The van der Waals surface area contributed by atoms with Crippen molar-refractivity contribution in [3.63, 3.8) is 0 Å². The zero-order valence-electron chi connectivity index (χ0n) is 7.15. The minimum Gasteiger partial charge on any atom is -0.379 e. The number of ether oxygens (including phenoxy) is 1.